The summed E-state index contributed by atoms with van der Waals surface area (Å²) in [5, 5.41) is 6.08. The average molecular weight is 348 g/mol. The topological polar surface area (TPSA) is 41.1 Å². The minimum atomic E-state index is -0.460. The highest BCUT2D eigenvalue weighted by molar-refractivity contribution is 14.1. The van der Waals surface area contributed by atoms with Crippen LogP contribution in [0, 0.1) is 9.39 Å². The Morgan fingerprint density at radius 3 is 3.00 bits per heavy atom. The minimum absolute atomic E-state index is 0.103. The fraction of sp³-hybridized carbons (Fsp3) is 0.417. The van der Waals surface area contributed by atoms with Crippen LogP contribution < -0.4 is 10.6 Å². The third-order valence-electron chi connectivity index (χ3n) is 2.82. The molecule has 1 unspecified atom stereocenters. The average Bonchev–Trinajstić information content (AvgIpc) is 2.30. The van der Waals surface area contributed by atoms with Crippen molar-refractivity contribution in [2.24, 2.45) is 0 Å². The summed E-state index contributed by atoms with van der Waals surface area (Å²) in [7, 11) is 0. The summed E-state index contributed by atoms with van der Waals surface area (Å²) in [6, 6.07) is 4.76. The Hall–Kier alpha value is -0.690. The van der Waals surface area contributed by atoms with Gasteiger partial charge in [0.2, 0.25) is 0 Å². The molecule has 5 heteroatoms. The fourth-order valence-electron chi connectivity index (χ4n) is 1.95. The summed E-state index contributed by atoms with van der Waals surface area (Å²) in [5.74, 6) is -0.778. The van der Waals surface area contributed by atoms with E-state index in [4.69, 9.17) is 0 Å². The van der Waals surface area contributed by atoms with Gasteiger partial charge in [-0.3, -0.25) is 4.79 Å². The first kappa shape index (κ1) is 12.8. The van der Waals surface area contributed by atoms with E-state index < -0.39 is 5.82 Å². The third kappa shape index (κ3) is 3.16. The van der Waals surface area contributed by atoms with Crippen molar-refractivity contribution in [1.29, 1.82) is 0 Å². The first-order chi connectivity index (χ1) is 8.18. The lowest BCUT2D eigenvalue weighted by atomic mass is 10.1. The molecule has 1 aromatic rings. The quantitative estimate of drug-likeness (QED) is 0.802. The minimum Gasteiger partial charge on any atom is -0.348 e. The predicted molar refractivity (Wildman–Crippen MR) is 72.5 cm³/mol. The van der Waals surface area contributed by atoms with Gasteiger partial charge in [0.1, 0.15) is 5.82 Å². The monoisotopic (exact) mass is 348 g/mol. The fourth-order valence-corrected chi connectivity index (χ4v) is 2.66. The second-order valence-electron chi connectivity index (χ2n) is 4.11. The van der Waals surface area contributed by atoms with Gasteiger partial charge in [0.05, 0.1) is 5.56 Å². The molecular formula is C12H14FIN2O. The molecule has 1 aromatic carbocycles. The lowest BCUT2D eigenvalue weighted by Crippen LogP contribution is -2.45. The molecule has 1 amide bonds. The largest absolute Gasteiger partial charge is 0.348 e. The summed E-state index contributed by atoms with van der Waals surface area (Å²) in [5.41, 5.74) is 0.152. The number of halogens is 2. The van der Waals surface area contributed by atoms with Crippen molar-refractivity contribution in [3.63, 3.8) is 0 Å². The maximum Gasteiger partial charge on any atom is 0.255 e. The first-order valence-corrected chi connectivity index (χ1v) is 6.72. The second-order valence-corrected chi connectivity index (χ2v) is 5.28. The van der Waals surface area contributed by atoms with Gasteiger partial charge in [-0.25, -0.2) is 4.39 Å². The van der Waals surface area contributed by atoms with Crippen molar-refractivity contribution in [1.82, 2.24) is 10.6 Å². The van der Waals surface area contributed by atoms with E-state index in [1.165, 1.54) is 6.07 Å². The maximum atomic E-state index is 13.6. The molecule has 2 rings (SSSR count). The van der Waals surface area contributed by atoms with Crippen LogP contribution in [0.1, 0.15) is 23.2 Å². The predicted octanol–water partition coefficient (Wildman–Crippen LogP) is 1.91. The number of benzene rings is 1. The van der Waals surface area contributed by atoms with Crippen molar-refractivity contribution in [3.05, 3.63) is 33.1 Å². The second kappa shape index (κ2) is 5.77. The van der Waals surface area contributed by atoms with Crippen LogP contribution in [0.2, 0.25) is 0 Å². The molecule has 0 aliphatic carbocycles. The van der Waals surface area contributed by atoms with E-state index in [0.29, 0.717) is 3.57 Å². The number of piperidine rings is 1. The van der Waals surface area contributed by atoms with Gasteiger partial charge >= 0.3 is 0 Å². The summed E-state index contributed by atoms with van der Waals surface area (Å²) < 4.78 is 14.2. The van der Waals surface area contributed by atoms with E-state index in [-0.39, 0.29) is 17.5 Å². The Balaban J connectivity index is 2.08. The maximum absolute atomic E-state index is 13.6. The molecule has 1 saturated heterocycles. The number of hydrogen-bond acceptors (Lipinski definition) is 2. The molecule has 1 heterocycles. The molecule has 1 aliphatic rings. The summed E-state index contributed by atoms with van der Waals surface area (Å²) in [6.07, 6.45) is 1.99. The van der Waals surface area contributed by atoms with Gasteiger partial charge in [0.15, 0.2) is 0 Å². The van der Waals surface area contributed by atoms with Crippen molar-refractivity contribution >= 4 is 28.5 Å². The Kier molecular flexibility index (Phi) is 4.33. The molecule has 0 spiro atoms. The van der Waals surface area contributed by atoms with E-state index in [1.807, 2.05) is 22.6 Å². The van der Waals surface area contributed by atoms with Crippen LogP contribution in [0.25, 0.3) is 0 Å². The number of nitrogens with one attached hydrogen (secondary N) is 2. The Morgan fingerprint density at radius 2 is 2.35 bits per heavy atom. The van der Waals surface area contributed by atoms with E-state index >= 15 is 0 Å². The first-order valence-electron chi connectivity index (χ1n) is 5.64. The van der Waals surface area contributed by atoms with Gasteiger partial charge in [-0.1, -0.05) is 6.07 Å². The zero-order valence-electron chi connectivity index (χ0n) is 9.30. The Morgan fingerprint density at radius 1 is 1.53 bits per heavy atom. The molecule has 0 radical (unpaired) electrons. The van der Waals surface area contributed by atoms with Crippen LogP contribution in [-0.4, -0.2) is 25.0 Å². The van der Waals surface area contributed by atoms with E-state index in [2.05, 4.69) is 10.6 Å². The zero-order valence-corrected chi connectivity index (χ0v) is 11.5. The summed E-state index contributed by atoms with van der Waals surface area (Å²) in [6.45, 7) is 1.75. The van der Waals surface area contributed by atoms with E-state index in [0.717, 1.165) is 25.9 Å². The molecule has 1 fully saturated rings. The number of carbonyl (C=O) groups is 1. The molecule has 0 saturated carbocycles. The van der Waals surface area contributed by atoms with E-state index in [9.17, 15) is 9.18 Å². The molecule has 17 heavy (non-hydrogen) atoms. The molecule has 0 bridgehead atoms. The molecular weight excluding hydrogens is 334 g/mol. The molecule has 1 aliphatic heterocycles. The Bertz CT molecular complexity index is 399. The number of hydrogen-bond donors (Lipinski definition) is 2. The highest BCUT2D eigenvalue weighted by atomic mass is 127. The Labute approximate surface area is 113 Å². The van der Waals surface area contributed by atoms with Crippen LogP contribution in [0.4, 0.5) is 4.39 Å². The highest BCUT2D eigenvalue weighted by Gasteiger charge is 2.20. The van der Waals surface area contributed by atoms with Crippen molar-refractivity contribution in [2.75, 3.05) is 13.1 Å². The number of amides is 1. The van der Waals surface area contributed by atoms with E-state index in [1.54, 1.807) is 12.1 Å². The van der Waals surface area contributed by atoms with Gasteiger partial charge in [0.25, 0.3) is 5.91 Å². The van der Waals surface area contributed by atoms with Crippen LogP contribution >= 0.6 is 22.6 Å². The van der Waals surface area contributed by atoms with Crippen LogP contribution in [0.3, 0.4) is 0 Å². The summed E-state index contributed by atoms with van der Waals surface area (Å²) in [4.78, 5) is 12.0. The van der Waals surface area contributed by atoms with Gasteiger partial charge < -0.3 is 10.6 Å². The lowest BCUT2D eigenvalue weighted by molar-refractivity contribution is 0.0925. The highest BCUT2D eigenvalue weighted by Crippen LogP contribution is 2.16. The van der Waals surface area contributed by atoms with Crippen LogP contribution in [0.15, 0.2) is 18.2 Å². The molecule has 0 aromatic heterocycles. The van der Waals surface area contributed by atoms with Gasteiger partial charge in [0, 0.05) is 16.2 Å². The molecule has 92 valence electrons. The normalized spacial score (nSPS) is 20.0. The zero-order chi connectivity index (χ0) is 12.3. The van der Waals surface area contributed by atoms with Crippen LogP contribution in [-0.2, 0) is 0 Å². The smallest absolute Gasteiger partial charge is 0.255 e. The van der Waals surface area contributed by atoms with Crippen molar-refractivity contribution in [2.45, 2.75) is 18.9 Å². The van der Waals surface area contributed by atoms with Crippen LogP contribution in [0.5, 0.6) is 0 Å². The van der Waals surface area contributed by atoms with Crippen molar-refractivity contribution in [3.8, 4) is 0 Å². The van der Waals surface area contributed by atoms with Gasteiger partial charge in [-0.2, -0.15) is 0 Å². The number of carbonyl (C=O) groups excluding carboxylic acids is 1. The number of rotatable bonds is 2. The standard InChI is InChI=1S/C12H14FIN2O/c13-9-4-1-5-10(14)11(9)12(17)16-8-3-2-6-15-7-8/h1,4-5,8,15H,2-3,6-7H2,(H,16,17). The third-order valence-corrected chi connectivity index (χ3v) is 3.72. The summed E-state index contributed by atoms with van der Waals surface area (Å²) >= 11 is 1.98. The molecule has 1 atom stereocenters. The SMILES string of the molecule is O=C(NC1CCCNC1)c1c(F)cccc1I. The van der Waals surface area contributed by atoms with Gasteiger partial charge in [-0.05, 0) is 54.1 Å². The molecule has 3 nitrogen and oxygen atoms in total. The lowest BCUT2D eigenvalue weighted by Gasteiger charge is -2.24. The van der Waals surface area contributed by atoms with Crippen molar-refractivity contribution < 1.29 is 9.18 Å². The van der Waals surface area contributed by atoms with Gasteiger partial charge in [-0.15, -0.1) is 0 Å². The molecule has 2 N–H and O–H groups in total.